The van der Waals surface area contributed by atoms with Crippen LogP contribution in [0.25, 0.3) is 6.08 Å². The third-order valence-corrected chi connectivity index (χ3v) is 3.00. The van der Waals surface area contributed by atoms with E-state index in [0.29, 0.717) is 17.1 Å². The molecule has 0 fully saturated rings. The molecule has 0 saturated carbocycles. The molecule has 0 bridgehead atoms. The van der Waals surface area contributed by atoms with Gasteiger partial charge in [-0.05, 0) is 30.4 Å². The zero-order valence-corrected chi connectivity index (χ0v) is 12.3. The van der Waals surface area contributed by atoms with Crippen LogP contribution in [0.4, 0.5) is 0 Å². The van der Waals surface area contributed by atoms with Crippen LogP contribution >= 0.6 is 0 Å². The lowest BCUT2D eigenvalue weighted by molar-refractivity contribution is 0.104. The smallest absolute Gasteiger partial charge is 0.185 e. The molecule has 0 N–H and O–H groups in total. The Morgan fingerprint density at radius 3 is 2.68 bits per heavy atom. The van der Waals surface area contributed by atoms with Gasteiger partial charge >= 0.3 is 0 Å². The molecule has 2 aromatic carbocycles. The van der Waals surface area contributed by atoms with Gasteiger partial charge in [0, 0.05) is 11.1 Å². The highest BCUT2D eigenvalue weighted by atomic mass is 16.5. The van der Waals surface area contributed by atoms with Gasteiger partial charge in [0.25, 0.3) is 0 Å². The van der Waals surface area contributed by atoms with Crippen LogP contribution in [0.1, 0.15) is 15.9 Å². The molecule has 2 rings (SSSR count). The fraction of sp³-hybridized carbons (Fsp3) is 0.105. The molecule has 0 unspecified atom stereocenters. The Morgan fingerprint density at radius 1 is 1.23 bits per heavy atom. The molecule has 0 spiro atoms. The van der Waals surface area contributed by atoms with Crippen molar-refractivity contribution in [1.82, 2.24) is 0 Å². The lowest BCUT2D eigenvalue weighted by atomic mass is 10.1. The SMILES string of the molecule is C#CCOc1ccc(OC)cc1/C=C/C(=O)c1ccccc1. The Hall–Kier alpha value is -2.99. The minimum absolute atomic E-state index is 0.0775. The van der Waals surface area contributed by atoms with Crippen molar-refractivity contribution < 1.29 is 14.3 Å². The first kappa shape index (κ1) is 15.4. The molecule has 3 nitrogen and oxygen atoms in total. The predicted octanol–water partition coefficient (Wildman–Crippen LogP) is 3.60. The fourth-order valence-corrected chi connectivity index (χ4v) is 1.90. The van der Waals surface area contributed by atoms with Gasteiger partial charge in [0.05, 0.1) is 7.11 Å². The van der Waals surface area contributed by atoms with E-state index in [4.69, 9.17) is 15.9 Å². The highest BCUT2D eigenvalue weighted by molar-refractivity contribution is 6.06. The average molecular weight is 292 g/mol. The summed E-state index contributed by atoms with van der Waals surface area (Å²) in [5.74, 6) is 3.63. The van der Waals surface area contributed by atoms with Crippen molar-refractivity contribution in [2.75, 3.05) is 13.7 Å². The highest BCUT2D eigenvalue weighted by Crippen LogP contribution is 2.25. The first-order valence-electron chi connectivity index (χ1n) is 6.76. The lowest BCUT2D eigenvalue weighted by Crippen LogP contribution is -1.97. The van der Waals surface area contributed by atoms with E-state index in [-0.39, 0.29) is 12.4 Å². The quantitative estimate of drug-likeness (QED) is 0.463. The Kier molecular flexibility index (Phi) is 5.39. The molecule has 0 saturated heterocycles. The molecule has 2 aromatic rings. The highest BCUT2D eigenvalue weighted by Gasteiger charge is 2.05. The van der Waals surface area contributed by atoms with E-state index in [2.05, 4.69) is 5.92 Å². The molecule has 0 aliphatic heterocycles. The van der Waals surface area contributed by atoms with Gasteiger partial charge in [-0.1, -0.05) is 36.3 Å². The molecule has 0 amide bonds. The largest absolute Gasteiger partial charge is 0.497 e. The van der Waals surface area contributed by atoms with Crippen molar-refractivity contribution >= 4 is 11.9 Å². The number of methoxy groups -OCH3 is 1. The molecule has 0 aliphatic carbocycles. The summed E-state index contributed by atoms with van der Waals surface area (Å²) in [6.07, 6.45) is 8.41. The van der Waals surface area contributed by atoms with E-state index in [0.717, 1.165) is 5.56 Å². The third-order valence-electron chi connectivity index (χ3n) is 3.00. The number of rotatable bonds is 6. The zero-order valence-electron chi connectivity index (χ0n) is 12.3. The maximum atomic E-state index is 12.1. The summed E-state index contributed by atoms with van der Waals surface area (Å²) >= 11 is 0. The number of carbonyl (C=O) groups excluding carboxylic acids is 1. The van der Waals surface area contributed by atoms with Crippen LogP contribution in [0.3, 0.4) is 0 Å². The molecule has 3 heteroatoms. The molecule has 0 radical (unpaired) electrons. The molecule has 0 heterocycles. The normalized spacial score (nSPS) is 10.2. The number of hydrogen-bond donors (Lipinski definition) is 0. The van der Waals surface area contributed by atoms with Crippen LogP contribution in [0.5, 0.6) is 11.5 Å². The first-order chi connectivity index (χ1) is 10.7. The topological polar surface area (TPSA) is 35.5 Å². The second-order valence-corrected chi connectivity index (χ2v) is 4.46. The van der Waals surface area contributed by atoms with Crippen LogP contribution < -0.4 is 9.47 Å². The maximum Gasteiger partial charge on any atom is 0.185 e. The van der Waals surface area contributed by atoms with Crippen molar-refractivity contribution in [2.24, 2.45) is 0 Å². The monoisotopic (exact) mass is 292 g/mol. The van der Waals surface area contributed by atoms with Gasteiger partial charge in [0.15, 0.2) is 5.78 Å². The molecule has 0 atom stereocenters. The van der Waals surface area contributed by atoms with E-state index in [9.17, 15) is 4.79 Å². The Balaban J connectivity index is 2.25. The van der Waals surface area contributed by atoms with Gasteiger partial charge in [-0.3, -0.25) is 4.79 Å². The van der Waals surface area contributed by atoms with E-state index in [1.54, 1.807) is 43.5 Å². The van der Waals surface area contributed by atoms with Crippen LogP contribution in [0.15, 0.2) is 54.6 Å². The fourth-order valence-electron chi connectivity index (χ4n) is 1.90. The molecule has 22 heavy (non-hydrogen) atoms. The third kappa shape index (κ3) is 4.00. The van der Waals surface area contributed by atoms with E-state index in [1.165, 1.54) is 6.08 Å². The van der Waals surface area contributed by atoms with Gasteiger partial charge in [-0.2, -0.15) is 0 Å². The van der Waals surface area contributed by atoms with Gasteiger partial charge in [-0.25, -0.2) is 0 Å². The van der Waals surface area contributed by atoms with Crippen LogP contribution in [0, 0.1) is 12.3 Å². The van der Waals surface area contributed by atoms with Crippen LogP contribution in [-0.4, -0.2) is 19.5 Å². The number of hydrogen-bond acceptors (Lipinski definition) is 3. The van der Waals surface area contributed by atoms with E-state index < -0.39 is 0 Å². The van der Waals surface area contributed by atoms with Gasteiger partial charge in [0.1, 0.15) is 18.1 Å². The van der Waals surface area contributed by atoms with Crippen molar-refractivity contribution in [1.29, 1.82) is 0 Å². The molecule has 0 aromatic heterocycles. The lowest BCUT2D eigenvalue weighted by Gasteiger charge is -2.08. The number of ether oxygens (including phenoxy) is 2. The Labute approximate surface area is 130 Å². The molecule has 110 valence electrons. The van der Waals surface area contributed by atoms with Crippen LogP contribution in [0.2, 0.25) is 0 Å². The van der Waals surface area contributed by atoms with Crippen molar-refractivity contribution in [2.45, 2.75) is 0 Å². The summed E-state index contributed by atoms with van der Waals surface area (Å²) in [6, 6.07) is 14.4. The van der Waals surface area contributed by atoms with E-state index >= 15 is 0 Å². The predicted molar refractivity (Wildman–Crippen MR) is 87.1 cm³/mol. The molecular weight excluding hydrogens is 276 g/mol. The summed E-state index contributed by atoms with van der Waals surface area (Å²) in [5, 5.41) is 0. The number of allylic oxidation sites excluding steroid dienone is 1. The minimum atomic E-state index is -0.0775. The Bertz CT molecular complexity index is 709. The van der Waals surface area contributed by atoms with Gasteiger partial charge in [0.2, 0.25) is 0 Å². The summed E-state index contributed by atoms with van der Waals surface area (Å²) < 4.78 is 10.7. The van der Waals surface area contributed by atoms with Gasteiger partial charge < -0.3 is 9.47 Å². The van der Waals surface area contributed by atoms with Crippen molar-refractivity contribution in [3.05, 3.63) is 65.7 Å². The number of carbonyl (C=O) groups is 1. The standard InChI is InChI=1S/C19H16O3/c1-3-13-22-19-12-10-17(21-2)14-16(19)9-11-18(20)15-7-5-4-6-8-15/h1,4-12,14H,13H2,2H3/b11-9+. The number of ketones is 1. The van der Waals surface area contributed by atoms with Crippen molar-refractivity contribution in [3.8, 4) is 23.8 Å². The number of benzene rings is 2. The van der Waals surface area contributed by atoms with Gasteiger partial charge in [-0.15, -0.1) is 6.42 Å². The number of terminal acetylenes is 1. The summed E-state index contributed by atoms with van der Waals surface area (Å²) in [4.78, 5) is 12.1. The summed E-state index contributed by atoms with van der Waals surface area (Å²) in [7, 11) is 1.58. The summed E-state index contributed by atoms with van der Waals surface area (Å²) in [6.45, 7) is 0.166. The zero-order chi connectivity index (χ0) is 15.8. The molecule has 0 aliphatic rings. The van der Waals surface area contributed by atoms with Crippen LogP contribution in [-0.2, 0) is 0 Å². The minimum Gasteiger partial charge on any atom is -0.497 e. The Morgan fingerprint density at radius 2 is 2.00 bits per heavy atom. The second kappa shape index (κ2) is 7.70. The van der Waals surface area contributed by atoms with E-state index in [1.807, 2.05) is 18.2 Å². The second-order valence-electron chi connectivity index (χ2n) is 4.46. The van der Waals surface area contributed by atoms with Crippen molar-refractivity contribution in [3.63, 3.8) is 0 Å². The summed E-state index contributed by atoms with van der Waals surface area (Å²) in [5.41, 5.74) is 1.37. The first-order valence-corrected chi connectivity index (χ1v) is 6.76. The average Bonchev–Trinajstić information content (AvgIpc) is 2.58. The molecular formula is C19H16O3. The maximum absolute atomic E-state index is 12.1.